The third kappa shape index (κ3) is 2.23. The van der Waals surface area contributed by atoms with Crippen molar-refractivity contribution in [1.29, 1.82) is 0 Å². The Kier molecular flexibility index (Phi) is 3.12. The minimum absolute atomic E-state index is 0.0714. The standard InChI is InChI=1S/C15H14N2O3/c18-9-14-4-3-11(6-16-14)10-1-2-12-7-17(15(19)20)8-13(12)5-10/h1-6,18H,7-9H2,(H,19,20). The van der Waals surface area contributed by atoms with E-state index in [4.69, 9.17) is 10.2 Å². The van der Waals surface area contributed by atoms with E-state index < -0.39 is 6.09 Å². The average molecular weight is 270 g/mol. The van der Waals surface area contributed by atoms with Gasteiger partial charge in [-0.3, -0.25) is 9.88 Å². The number of fused-ring (bicyclic) bond motifs is 1. The van der Waals surface area contributed by atoms with Crippen molar-refractivity contribution < 1.29 is 15.0 Å². The Hall–Kier alpha value is -2.40. The lowest BCUT2D eigenvalue weighted by Crippen LogP contribution is -2.22. The molecule has 2 aromatic rings. The highest BCUT2D eigenvalue weighted by Crippen LogP contribution is 2.28. The van der Waals surface area contributed by atoms with Crippen LogP contribution in [0.2, 0.25) is 0 Å². The highest BCUT2D eigenvalue weighted by Gasteiger charge is 2.22. The smallest absolute Gasteiger partial charge is 0.407 e. The van der Waals surface area contributed by atoms with Gasteiger partial charge >= 0.3 is 6.09 Å². The molecule has 0 saturated heterocycles. The fourth-order valence-corrected chi connectivity index (χ4v) is 2.40. The Morgan fingerprint density at radius 2 is 1.90 bits per heavy atom. The molecule has 102 valence electrons. The first kappa shape index (κ1) is 12.6. The molecule has 2 heterocycles. The molecular formula is C15H14N2O3. The monoisotopic (exact) mass is 270 g/mol. The zero-order valence-electron chi connectivity index (χ0n) is 10.8. The largest absolute Gasteiger partial charge is 0.465 e. The summed E-state index contributed by atoms with van der Waals surface area (Å²) < 4.78 is 0. The van der Waals surface area contributed by atoms with Crippen LogP contribution in [0.15, 0.2) is 36.5 Å². The van der Waals surface area contributed by atoms with Gasteiger partial charge in [0.25, 0.3) is 0 Å². The molecule has 2 N–H and O–H groups in total. The maximum atomic E-state index is 11.0. The molecule has 1 aromatic heterocycles. The van der Waals surface area contributed by atoms with Crippen molar-refractivity contribution in [2.75, 3.05) is 0 Å². The van der Waals surface area contributed by atoms with Gasteiger partial charge in [0, 0.05) is 24.8 Å². The minimum atomic E-state index is -0.892. The molecule has 0 saturated carbocycles. The van der Waals surface area contributed by atoms with Crippen LogP contribution in [0.1, 0.15) is 16.8 Å². The van der Waals surface area contributed by atoms with Gasteiger partial charge in [-0.05, 0) is 28.8 Å². The van der Waals surface area contributed by atoms with E-state index in [1.807, 2.05) is 24.3 Å². The van der Waals surface area contributed by atoms with Crippen molar-refractivity contribution in [3.63, 3.8) is 0 Å². The maximum Gasteiger partial charge on any atom is 0.407 e. The van der Waals surface area contributed by atoms with Gasteiger partial charge in [0.1, 0.15) is 0 Å². The van der Waals surface area contributed by atoms with Crippen molar-refractivity contribution in [3.05, 3.63) is 53.3 Å². The normalized spacial score (nSPS) is 13.3. The van der Waals surface area contributed by atoms with Gasteiger partial charge < -0.3 is 10.2 Å². The maximum absolute atomic E-state index is 11.0. The predicted octanol–water partition coefficient (Wildman–Crippen LogP) is 2.23. The zero-order valence-corrected chi connectivity index (χ0v) is 10.8. The molecule has 0 aliphatic carbocycles. The summed E-state index contributed by atoms with van der Waals surface area (Å²) in [6.07, 6.45) is 0.828. The topological polar surface area (TPSA) is 73.7 Å². The Morgan fingerprint density at radius 1 is 1.15 bits per heavy atom. The second-order valence-electron chi connectivity index (χ2n) is 4.82. The summed E-state index contributed by atoms with van der Waals surface area (Å²) in [5.74, 6) is 0. The molecule has 0 fully saturated rings. The summed E-state index contributed by atoms with van der Waals surface area (Å²) in [5, 5.41) is 18.0. The third-order valence-electron chi connectivity index (χ3n) is 3.52. The van der Waals surface area contributed by atoms with Gasteiger partial charge in [-0.25, -0.2) is 4.79 Å². The van der Waals surface area contributed by atoms with Crippen LogP contribution in [0, 0.1) is 0 Å². The quantitative estimate of drug-likeness (QED) is 0.877. The van der Waals surface area contributed by atoms with E-state index in [1.54, 1.807) is 12.3 Å². The van der Waals surface area contributed by atoms with Crippen LogP contribution < -0.4 is 0 Å². The molecule has 3 rings (SSSR count). The fourth-order valence-electron chi connectivity index (χ4n) is 2.40. The molecule has 0 spiro atoms. The van der Waals surface area contributed by atoms with Gasteiger partial charge in [0.2, 0.25) is 0 Å². The number of hydrogen-bond acceptors (Lipinski definition) is 3. The molecule has 0 atom stereocenters. The lowest BCUT2D eigenvalue weighted by atomic mass is 10.0. The van der Waals surface area contributed by atoms with E-state index in [9.17, 15) is 4.79 Å². The van der Waals surface area contributed by atoms with Gasteiger partial charge in [-0.1, -0.05) is 18.2 Å². The van der Waals surface area contributed by atoms with Gasteiger partial charge in [0.05, 0.1) is 12.3 Å². The van der Waals surface area contributed by atoms with Gasteiger partial charge in [0.15, 0.2) is 0 Å². The molecule has 0 bridgehead atoms. The number of nitrogens with zero attached hydrogens (tertiary/aromatic N) is 2. The summed E-state index contributed by atoms with van der Waals surface area (Å²) in [6.45, 7) is 0.811. The lowest BCUT2D eigenvalue weighted by Gasteiger charge is -2.08. The third-order valence-corrected chi connectivity index (χ3v) is 3.52. The highest BCUT2D eigenvalue weighted by molar-refractivity contribution is 5.68. The van der Waals surface area contributed by atoms with Crippen molar-refractivity contribution in [2.45, 2.75) is 19.7 Å². The molecule has 0 unspecified atom stereocenters. The van der Waals surface area contributed by atoms with Crippen LogP contribution in [-0.4, -0.2) is 26.2 Å². The summed E-state index contributed by atoms with van der Waals surface area (Å²) in [7, 11) is 0. The summed E-state index contributed by atoms with van der Waals surface area (Å²) >= 11 is 0. The van der Waals surface area contributed by atoms with Gasteiger partial charge in [-0.2, -0.15) is 0 Å². The van der Waals surface area contributed by atoms with Crippen LogP contribution in [0.25, 0.3) is 11.1 Å². The molecule has 0 radical (unpaired) electrons. The van der Waals surface area contributed by atoms with Crippen molar-refractivity contribution in [1.82, 2.24) is 9.88 Å². The second kappa shape index (κ2) is 4.94. The molecule has 1 amide bonds. The van der Waals surface area contributed by atoms with Crippen LogP contribution >= 0.6 is 0 Å². The predicted molar refractivity (Wildman–Crippen MR) is 72.9 cm³/mol. The highest BCUT2D eigenvalue weighted by atomic mass is 16.4. The first-order chi connectivity index (χ1) is 9.67. The minimum Gasteiger partial charge on any atom is -0.465 e. The molecule has 1 aromatic carbocycles. The van der Waals surface area contributed by atoms with Crippen LogP contribution in [0.5, 0.6) is 0 Å². The number of amides is 1. The molecule has 1 aliphatic heterocycles. The van der Waals surface area contributed by atoms with E-state index in [-0.39, 0.29) is 6.61 Å². The Bertz CT molecular complexity index is 653. The summed E-state index contributed by atoms with van der Waals surface area (Å²) in [6, 6.07) is 9.64. The number of rotatable bonds is 2. The van der Waals surface area contributed by atoms with Crippen LogP contribution in [0.3, 0.4) is 0 Å². The Balaban J connectivity index is 1.90. The molecular weight excluding hydrogens is 256 g/mol. The molecule has 1 aliphatic rings. The first-order valence-electron chi connectivity index (χ1n) is 6.33. The zero-order chi connectivity index (χ0) is 14.1. The Morgan fingerprint density at radius 3 is 2.55 bits per heavy atom. The number of aliphatic hydroxyl groups is 1. The number of carboxylic acid groups (broad SMARTS) is 1. The Labute approximate surface area is 116 Å². The van der Waals surface area contributed by atoms with E-state index >= 15 is 0 Å². The number of carbonyl (C=O) groups is 1. The number of aromatic nitrogens is 1. The van der Waals surface area contributed by atoms with Crippen LogP contribution in [-0.2, 0) is 19.7 Å². The fraction of sp³-hybridized carbons (Fsp3) is 0.200. The van der Waals surface area contributed by atoms with Crippen molar-refractivity contribution in [3.8, 4) is 11.1 Å². The van der Waals surface area contributed by atoms with Crippen molar-refractivity contribution >= 4 is 6.09 Å². The number of pyridine rings is 1. The van der Waals surface area contributed by atoms with E-state index in [0.717, 1.165) is 22.3 Å². The average Bonchev–Trinajstić information content (AvgIpc) is 2.90. The number of aliphatic hydroxyl groups excluding tert-OH is 1. The summed E-state index contributed by atoms with van der Waals surface area (Å²) in [4.78, 5) is 16.5. The van der Waals surface area contributed by atoms with E-state index in [2.05, 4.69) is 4.98 Å². The van der Waals surface area contributed by atoms with E-state index in [0.29, 0.717) is 18.8 Å². The van der Waals surface area contributed by atoms with Crippen LogP contribution in [0.4, 0.5) is 4.79 Å². The van der Waals surface area contributed by atoms with Gasteiger partial charge in [-0.15, -0.1) is 0 Å². The summed E-state index contributed by atoms with van der Waals surface area (Å²) in [5.41, 5.74) is 4.69. The molecule has 5 nitrogen and oxygen atoms in total. The molecule has 20 heavy (non-hydrogen) atoms. The first-order valence-corrected chi connectivity index (χ1v) is 6.33. The molecule has 5 heteroatoms. The number of benzene rings is 1. The van der Waals surface area contributed by atoms with E-state index in [1.165, 1.54) is 4.90 Å². The lowest BCUT2D eigenvalue weighted by molar-refractivity contribution is 0.145. The SMILES string of the molecule is O=C(O)N1Cc2ccc(-c3ccc(CO)nc3)cc2C1. The van der Waals surface area contributed by atoms with Crippen molar-refractivity contribution in [2.24, 2.45) is 0 Å². The second-order valence-corrected chi connectivity index (χ2v) is 4.82. The number of hydrogen-bond donors (Lipinski definition) is 2.